The van der Waals surface area contributed by atoms with Gasteiger partial charge in [-0.2, -0.15) is 0 Å². The minimum atomic E-state index is 0.304. The number of rotatable bonds is 5. The fourth-order valence-corrected chi connectivity index (χ4v) is 1.39. The largest absolute Gasteiger partial charge is 0.383 e. The van der Waals surface area contributed by atoms with Crippen LogP contribution in [0.3, 0.4) is 0 Å². The Kier molecular flexibility index (Phi) is 4.47. The Bertz CT molecular complexity index is 314. The first-order chi connectivity index (χ1) is 7.45. The molecule has 0 bridgehead atoms. The molecule has 0 aliphatic heterocycles. The molecule has 4 heteroatoms. The van der Waals surface area contributed by atoms with E-state index in [0.717, 1.165) is 18.8 Å². The Morgan fingerprint density at radius 2 is 2.12 bits per heavy atom. The van der Waals surface area contributed by atoms with E-state index in [9.17, 15) is 0 Å². The fraction of sp³-hybridized carbons (Fsp3) is 0.833. The van der Waals surface area contributed by atoms with E-state index < -0.39 is 0 Å². The minimum absolute atomic E-state index is 0.304. The van der Waals surface area contributed by atoms with E-state index in [1.165, 1.54) is 0 Å². The summed E-state index contributed by atoms with van der Waals surface area (Å²) in [5.74, 6) is 1.64. The lowest BCUT2D eigenvalue weighted by atomic mass is 9.80. The van der Waals surface area contributed by atoms with Gasteiger partial charge in [-0.15, -0.1) is 10.2 Å². The van der Waals surface area contributed by atoms with Gasteiger partial charge in [-0.05, 0) is 11.3 Å². The molecule has 0 spiro atoms. The summed E-state index contributed by atoms with van der Waals surface area (Å²) in [6, 6.07) is 0. The zero-order valence-corrected chi connectivity index (χ0v) is 11.0. The van der Waals surface area contributed by atoms with E-state index in [4.69, 9.17) is 4.74 Å². The highest BCUT2D eigenvalue weighted by molar-refractivity contribution is 4.90. The topological polar surface area (TPSA) is 39.9 Å². The van der Waals surface area contributed by atoms with Crippen molar-refractivity contribution in [2.45, 2.75) is 40.7 Å². The molecular weight excluding hydrogens is 202 g/mol. The van der Waals surface area contributed by atoms with Crippen molar-refractivity contribution in [1.29, 1.82) is 0 Å². The number of nitrogens with zero attached hydrogens (tertiary/aromatic N) is 3. The third kappa shape index (κ3) is 3.59. The van der Waals surface area contributed by atoms with E-state index in [-0.39, 0.29) is 0 Å². The lowest BCUT2D eigenvalue weighted by Gasteiger charge is -2.26. The maximum Gasteiger partial charge on any atom is 0.133 e. The van der Waals surface area contributed by atoms with E-state index in [1.807, 2.05) is 0 Å². The zero-order valence-electron chi connectivity index (χ0n) is 11.0. The van der Waals surface area contributed by atoms with Crippen molar-refractivity contribution < 1.29 is 4.74 Å². The minimum Gasteiger partial charge on any atom is -0.383 e. The standard InChI is InChI=1S/C12H23N3O/c1-10(12(2,3)4)8-11-14-13-9-15(11)6-7-16-5/h9-10H,6-8H2,1-5H3. The molecule has 1 atom stereocenters. The van der Waals surface area contributed by atoms with Gasteiger partial charge in [0, 0.05) is 20.1 Å². The van der Waals surface area contributed by atoms with Gasteiger partial charge in [0.25, 0.3) is 0 Å². The SMILES string of the molecule is COCCn1cnnc1CC(C)C(C)(C)C. The van der Waals surface area contributed by atoms with Crippen molar-refractivity contribution in [3.8, 4) is 0 Å². The molecule has 0 fully saturated rings. The molecule has 0 saturated heterocycles. The monoisotopic (exact) mass is 225 g/mol. The van der Waals surface area contributed by atoms with Gasteiger partial charge in [0.2, 0.25) is 0 Å². The Morgan fingerprint density at radius 3 is 2.69 bits per heavy atom. The van der Waals surface area contributed by atoms with Crippen LogP contribution < -0.4 is 0 Å². The summed E-state index contributed by atoms with van der Waals surface area (Å²) in [4.78, 5) is 0. The molecular formula is C12H23N3O. The van der Waals surface area contributed by atoms with E-state index in [2.05, 4.69) is 42.5 Å². The Balaban J connectivity index is 2.63. The number of hydrogen-bond donors (Lipinski definition) is 0. The van der Waals surface area contributed by atoms with Crippen molar-refractivity contribution >= 4 is 0 Å². The van der Waals surface area contributed by atoms with Crippen LogP contribution in [0.25, 0.3) is 0 Å². The van der Waals surface area contributed by atoms with Crippen LogP contribution in [0.2, 0.25) is 0 Å². The maximum absolute atomic E-state index is 5.07. The molecule has 0 radical (unpaired) electrons. The second kappa shape index (κ2) is 5.43. The van der Waals surface area contributed by atoms with E-state index >= 15 is 0 Å². The molecule has 1 heterocycles. The number of aromatic nitrogens is 3. The summed E-state index contributed by atoms with van der Waals surface area (Å²) in [7, 11) is 1.71. The second-order valence-electron chi connectivity index (χ2n) is 5.40. The number of methoxy groups -OCH3 is 1. The first-order valence-electron chi connectivity index (χ1n) is 5.80. The molecule has 0 saturated carbocycles. The first-order valence-corrected chi connectivity index (χ1v) is 5.80. The normalized spacial score (nSPS) is 14.1. The quantitative estimate of drug-likeness (QED) is 0.771. The highest BCUT2D eigenvalue weighted by Gasteiger charge is 2.22. The van der Waals surface area contributed by atoms with Crippen molar-refractivity contribution in [3.63, 3.8) is 0 Å². The van der Waals surface area contributed by atoms with Crippen molar-refractivity contribution in [1.82, 2.24) is 14.8 Å². The average Bonchev–Trinajstić information content (AvgIpc) is 2.61. The van der Waals surface area contributed by atoms with Gasteiger partial charge in [0.1, 0.15) is 12.2 Å². The van der Waals surface area contributed by atoms with Crippen LogP contribution in [0.4, 0.5) is 0 Å². The first kappa shape index (κ1) is 13.2. The number of ether oxygens (including phenoxy) is 1. The van der Waals surface area contributed by atoms with E-state index in [1.54, 1.807) is 13.4 Å². The Labute approximate surface area is 98.0 Å². The molecule has 1 aromatic rings. The van der Waals surface area contributed by atoms with Crippen LogP contribution in [-0.4, -0.2) is 28.5 Å². The van der Waals surface area contributed by atoms with Gasteiger partial charge < -0.3 is 9.30 Å². The summed E-state index contributed by atoms with van der Waals surface area (Å²) in [5, 5.41) is 8.15. The van der Waals surface area contributed by atoms with Crippen molar-refractivity contribution in [2.24, 2.45) is 11.3 Å². The highest BCUT2D eigenvalue weighted by Crippen LogP contribution is 2.27. The lowest BCUT2D eigenvalue weighted by molar-refractivity contribution is 0.184. The number of hydrogen-bond acceptors (Lipinski definition) is 3. The summed E-state index contributed by atoms with van der Waals surface area (Å²) in [6.07, 6.45) is 2.75. The predicted molar refractivity (Wildman–Crippen MR) is 64.2 cm³/mol. The molecule has 1 rings (SSSR count). The molecule has 1 aromatic heterocycles. The average molecular weight is 225 g/mol. The molecule has 0 aromatic carbocycles. The molecule has 1 unspecified atom stereocenters. The summed E-state index contributed by atoms with van der Waals surface area (Å²) in [5.41, 5.74) is 0.304. The van der Waals surface area contributed by atoms with Crippen molar-refractivity contribution in [2.75, 3.05) is 13.7 Å². The Hall–Kier alpha value is -0.900. The zero-order chi connectivity index (χ0) is 12.2. The maximum atomic E-state index is 5.07. The van der Waals surface area contributed by atoms with E-state index in [0.29, 0.717) is 17.9 Å². The van der Waals surface area contributed by atoms with Crippen LogP contribution >= 0.6 is 0 Å². The second-order valence-corrected chi connectivity index (χ2v) is 5.40. The molecule has 0 amide bonds. The summed E-state index contributed by atoms with van der Waals surface area (Å²) in [6.45, 7) is 10.6. The highest BCUT2D eigenvalue weighted by atomic mass is 16.5. The Morgan fingerprint density at radius 1 is 1.44 bits per heavy atom. The molecule has 0 N–H and O–H groups in total. The molecule has 16 heavy (non-hydrogen) atoms. The lowest BCUT2D eigenvalue weighted by Crippen LogP contribution is -2.21. The summed E-state index contributed by atoms with van der Waals surface area (Å²) >= 11 is 0. The summed E-state index contributed by atoms with van der Waals surface area (Å²) < 4.78 is 7.14. The van der Waals surface area contributed by atoms with Gasteiger partial charge in [-0.1, -0.05) is 27.7 Å². The van der Waals surface area contributed by atoms with Gasteiger partial charge >= 0.3 is 0 Å². The molecule has 92 valence electrons. The van der Waals surface area contributed by atoms with Gasteiger partial charge in [0.15, 0.2) is 0 Å². The third-order valence-electron chi connectivity index (χ3n) is 3.20. The predicted octanol–water partition coefficient (Wildman–Crippen LogP) is 2.15. The van der Waals surface area contributed by atoms with Crippen LogP contribution in [0.15, 0.2) is 6.33 Å². The van der Waals surface area contributed by atoms with Gasteiger partial charge in [-0.3, -0.25) is 0 Å². The fourth-order valence-electron chi connectivity index (χ4n) is 1.39. The molecule has 4 nitrogen and oxygen atoms in total. The third-order valence-corrected chi connectivity index (χ3v) is 3.20. The molecule has 0 aliphatic rings. The van der Waals surface area contributed by atoms with Crippen LogP contribution in [-0.2, 0) is 17.7 Å². The van der Waals surface area contributed by atoms with Crippen LogP contribution in [0.1, 0.15) is 33.5 Å². The van der Waals surface area contributed by atoms with Crippen LogP contribution in [0.5, 0.6) is 0 Å². The molecule has 0 aliphatic carbocycles. The smallest absolute Gasteiger partial charge is 0.133 e. The van der Waals surface area contributed by atoms with Gasteiger partial charge in [0.05, 0.1) is 6.61 Å². The van der Waals surface area contributed by atoms with Crippen LogP contribution in [0, 0.1) is 11.3 Å². The van der Waals surface area contributed by atoms with Gasteiger partial charge in [-0.25, -0.2) is 0 Å². The van der Waals surface area contributed by atoms with Crippen molar-refractivity contribution in [3.05, 3.63) is 12.2 Å².